The van der Waals surface area contributed by atoms with Gasteiger partial charge in [0, 0.05) is 59.1 Å². The van der Waals surface area contributed by atoms with Crippen LogP contribution in [0.4, 0.5) is 5.82 Å². The normalized spacial score (nSPS) is 16.6. The highest BCUT2D eigenvalue weighted by Crippen LogP contribution is 2.16. The van der Waals surface area contributed by atoms with Gasteiger partial charge in [0.2, 0.25) is 5.88 Å². The minimum Gasteiger partial charge on any atom is -0.472 e. The lowest BCUT2D eigenvalue weighted by Crippen LogP contribution is -2.40. The summed E-state index contributed by atoms with van der Waals surface area (Å²) in [5.41, 5.74) is 1.12. The zero-order valence-electron chi connectivity index (χ0n) is 16.0. The Morgan fingerprint density at radius 2 is 2.15 bits per heavy atom. The number of hydrogen-bond acceptors (Lipinski definition) is 5. The molecular weight excluding hydrogens is 455 g/mol. The van der Waals surface area contributed by atoms with Gasteiger partial charge in [-0.05, 0) is 17.7 Å². The molecule has 3 heterocycles. The number of anilines is 1. The Morgan fingerprint density at radius 1 is 1.30 bits per heavy atom. The van der Waals surface area contributed by atoms with E-state index in [0.717, 1.165) is 36.9 Å². The first-order valence-electron chi connectivity index (χ1n) is 8.81. The quantitative estimate of drug-likeness (QED) is 0.401. The second-order valence-electron chi connectivity index (χ2n) is 6.46. The number of ether oxygens (including phenoxy) is 1. The van der Waals surface area contributed by atoms with E-state index in [-0.39, 0.29) is 30.1 Å². The molecule has 0 saturated carbocycles. The fourth-order valence-electron chi connectivity index (χ4n) is 2.90. The monoisotopic (exact) mass is 482 g/mol. The van der Waals surface area contributed by atoms with E-state index in [1.807, 2.05) is 56.5 Å². The smallest absolute Gasteiger partial charge is 0.213 e. The van der Waals surface area contributed by atoms with Crippen LogP contribution in [0.2, 0.25) is 0 Å². The molecule has 1 aliphatic heterocycles. The van der Waals surface area contributed by atoms with Gasteiger partial charge in [0.05, 0.1) is 6.54 Å². The second kappa shape index (κ2) is 10.3. The molecule has 1 atom stereocenters. The standard InChI is InChI=1S/C19H26N6O.HI/c1-20-19(23-13-15-7-8-17(22-12-15)24(2)3)25-11-9-16(14-25)26-18-6-4-5-10-21-18;/h4-8,10,12,16H,9,11,13-14H2,1-3H3,(H,20,23);1H. The first kappa shape index (κ1) is 21.2. The maximum absolute atomic E-state index is 5.95. The fourth-order valence-corrected chi connectivity index (χ4v) is 2.90. The Kier molecular flexibility index (Phi) is 8.08. The summed E-state index contributed by atoms with van der Waals surface area (Å²) >= 11 is 0. The fraction of sp³-hybridized carbons (Fsp3) is 0.421. The number of likely N-dealkylation sites (tertiary alicyclic amines) is 1. The van der Waals surface area contributed by atoms with Gasteiger partial charge < -0.3 is 19.9 Å². The molecule has 1 aliphatic rings. The molecule has 8 heteroatoms. The lowest BCUT2D eigenvalue weighted by atomic mass is 10.3. The van der Waals surface area contributed by atoms with Crippen LogP contribution in [0, 0.1) is 0 Å². The summed E-state index contributed by atoms with van der Waals surface area (Å²) in [6, 6.07) is 9.82. The van der Waals surface area contributed by atoms with Crippen LogP contribution in [-0.4, -0.2) is 61.2 Å². The molecule has 0 aliphatic carbocycles. The average molecular weight is 482 g/mol. The molecule has 0 radical (unpaired) electrons. The average Bonchev–Trinajstić information content (AvgIpc) is 3.12. The molecule has 3 rings (SSSR count). The lowest BCUT2D eigenvalue weighted by molar-refractivity contribution is 0.205. The number of nitrogens with one attached hydrogen (secondary N) is 1. The van der Waals surface area contributed by atoms with Crippen molar-refractivity contribution in [1.29, 1.82) is 0 Å². The van der Waals surface area contributed by atoms with Gasteiger partial charge in [-0.3, -0.25) is 4.99 Å². The number of rotatable bonds is 5. The van der Waals surface area contributed by atoms with Crippen molar-refractivity contribution in [2.24, 2.45) is 4.99 Å². The Labute approximate surface area is 177 Å². The molecule has 1 N–H and O–H groups in total. The Bertz CT molecular complexity index is 723. The summed E-state index contributed by atoms with van der Waals surface area (Å²) in [6.45, 7) is 2.40. The van der Waals surface area contributed by atoms with Crippen molar-refractivity contribution in [2.45, 2.75) is 19.1 Å². The molecule has 0 aromatic carbocycles. The van der Waals surface area contributed by atoms with Crippen molar-refractivity contribution in [2.75, 3.05) is 39.1 Å². The highest BCUT2D eigenvalue weighted by atomic mass is 127. The zero-order valence-corrected chi connectivity index (χ0v) is 18.3. The van der Waals surface area contributed by atoms with Crippen molar-refractivity contribution in [1.82, 2.24) is 20.2 Å². The highest BCUT2D eigenvalue weighted by molar-refractivity contribution is 14.0. The van der Waals surface area contributed by atoms with E-state index in [2.05, 4.69) is 31.2 Å². The van der Waals surface area contributed by atoms with Gasteiger partial charge in [-0.1, -0.05) is 12.1 Å². The Morgan fingerprint density at radius 3 is 2.78 bits per heavy atom. The largest absolute Gasteiger partial charge is 0.472 e. The van der Waals surface area contributed by atoms with E-state index in [1.165, 1.54) is 0 Å². The molecule has 0 bridgehead atoms. The minimum absolute atomic E-state index is 0. The second-order valence-corrected chi connectivity index (χ2v) is 6.46. The van der Waals surface area contributed by atoms with E-state index in [4.69, 9.17) is 4.74 Å². The lowest BCUT2D eigenvalue weighted by Gasteiger charge is -2.21. The first-order valence-corrected chi connectivity index (χ1v) is 8.81. The van der Waals surface area contributed by atoms with Gasteiger partial charge in [0.15, 0.2) is 5.96 Å². The van der Waals surface area contributed by atoms with Crippen LogP contribution in [-0.2, 0) is 6.54 Å². The van der Waals surface area contributed by atoms with Crippen LogP contribution in [0.3, 0.4) is 0 Å². The van der Waals surface area contributed by atoms with E-state index >= 15 is 0 Å². The van der Waals surface area contributed by atoms with E-state index in [1.54, 1.807) is 6.20 Å². The molecule has 2 aromatic heterocycles. The maximum Gasteiger partial charge on any atom is 0.213 e. The number of halogens is 1. The molecule has 1 fully saturated rings. The van der Waals surface area contributed by atoms with Gasteiger partial charge in [0.25, 0.3) is 0 Å². The molecule has 0 amide bonds. The summed E-state index contributed by atoms with van der Waals surface area (Å²) < 4.78 is 5.95. The third-order valence-electron chi connectivity index (χ3n) is 4.30. The van der Waals surface area contributed by atoms with Crippen LogP contribution < -0.4 is 15.0 Å². The van der Waals surface area contributed by atoms with Crippen molar-refractivity contribution in [3.8, 4) is 5.88 Å². The highest BCUT2D eigenvalue weighted by Gasteiger charge is 2.26. The van der Waals surface area contributed by atoms with Gasteiger partial charge in [-0.15, -0.1) is 24.0 Å². The third kappa shape index (κ3) is 5.95. The van der Waals surface area contributed by atoms with Crippen LogP contribution in [0.25, 0.3) is 0 Å². The molecule has 1 saturated heterocycles. The molecule has 27 heavy (non-hydrogen) atoms. The molecule has 0 spiro atoms. The summed E-state index contributed by atoms with van der Waals surface area (Å²) in [5.74, 6) is 2.51. The summed E-state index contributed by atoms with van der Waals surface area (Å²) in [7, 11) is 5.78. The first-order chi connectivity index (χ1) is 12.7. The van der Waals surface area contributed by atoms with Crippen molar-refractivity contribution >= 4 is 35.8 Å². The number of aromatic nitrogens is 2. The van der Waals surface area contributed by atoms with Crippen LogP contribution in [0.1, 0.15) is 12.0 Å². The number of pyridine rings is 2. The van der Waals surface area contributed by atoms with Crippen molar-refractivity contribution in [3.63, 3.8) is 0 Å². The van der Waals surface area contributed by atoms with Crippen molar-refractivity contribution < 1.29 is 4.74 Å². The SMILES string of the molecule is CN=C(NCc1ccc(N(C)C)nc1)N1CCC(Oc2ccccn2)C1.I. The van der Waals surface area contributed by atoms with Crippen LogP contribution in [0.15, 0.2) is 47.7 Å². The van der Waals surface area contributed by atoms with Gasteiger partial charge in [-0.25, -0.2) is 9.97 Å². The molecular formula is C19H27IN6O. The number of aliphatic imine (C=N–C) groups is 1. The molecule has 2 aromatic rings. The van der Waals surface area contributed by atoms with Gasteiger partial charge in [0.1, 0.15) is 11.9 Å². The Balaban J connectivity index is 0.00000261. The maximum atomic E-state index is 5.95. The van der Waals surface area contributed by atoms with Crippen LogP contribution >= 0.6 is 24.0 Å². The molecule has 1 unspecified atom stereocenters. The topological polar surface area (TPSA) is 65.9 Å². The van der Waals surface area contributed by atoms with Gasteiger partial charge in [-0.2, -0.15) is 0 Å². The van der Waals surface area contributed by atoms with E-state index in [0.29, 0.717) is 12.4 Å². The summed E-state index contributed by atoms with van der Waals surface area (Å²) in [5, 5.41) is 3.41. The summed E-state index contributed by atoms with van der Waals surface area (Å²) in [6.07, 6.45) is 4.73. The van der Waals surface area contributed by atoms with E-state index < -0.39 is 0 Å². The van der Waals surface area contributed by atoms with Crippen molar-refractivity contribution in [3.05, 3.63) is 48.3 Å². The number of nitrogens with zero attached hydrogens (tertiary/aromatic N) is 5. The van der Waals surface area contributed by atoms with E-state index in [9.17, 15) is 0 Å². The Hall–Kier alpha value is -2.10. The van der Waals surface area contributed by atoms with Crippen LogP contribution in [0.5, 0.6) is 5.88 Å². The number of hydrogen-bond donors (Lipinski definition) is 1. The molecule has 7 nitrogen and oxygen atoms in total. The predicted octanol–water partition coefficient (Wildman–Crippen LogP) is 2.39. The predicted molar refractivity (Wildman–Crippen MR) is 119 cm³/mol. The zero-order chi connectivity index (χ0) is 18.4. The third-order valence-corrected chi connectivity index (χ3v) is 4.30. The molecule has 146 valence electrons. The number of guanidine groups is 1. The summed E-state index contributed by atoms with van der Waals surface area (Å²) in [4.78, 5) is 17.3. The minimum atomic E-state index is 0. The van der Waals surface area contributed by atoms with Gasteiger partial charge >= 0.3 is 0 Å².